The number of rotatable bonds is 12. The maximum atomic E-state index is 12.4. The van der Waals surface area contributed by atoms with E-state index in [0.717, 1.165) is 19.6 Å². The fourth-order valence-corrected chi connectivity index (χ4v) is 3.67. The summed E-state index contributed by atoms with van der Waals surface area (Å²) in [5, 5.41) is 0.579. The molecule has 0 N–H and O–H groups in total. The second-order valence-electron chi connectivity index (χ2n) is 8.34. The highest BCUT2D eigenvalue weighted by molar-refractivity contribution is 6.30. The zero-order valence-electron chi connectivity index (χ0n) is 20.9. The number of benzene rings is 2. The van der Waals surface area contributed by atoms with Crippen LogP contribution in [-0.4, -0.2) is 65.6 Å². The molecule has 0 saturated carbocycles. The number of halogens is 5. The van der Waals surface area contributed by atoms with Gasteiger partial charge in [-0.25, -0.2) is 4.79 Å². The third-order valence-corrected chi connectivity index (χ3v) is 5.39. The van der Waals surface area contributed by atoms with Crippen molar-refractivity contribution in [2.45, 2.75) is 39.4 Å². The number of hydrogen-bond acceptors (Lipinski definition) is 5. The standard InChI is InChI=1S/C20H21ClO4.C6H12Cl3N.ClH/c1-13(2)24-19(23)20(3,4)25-17-11-7-15(8-12-17)18(22)14-5-9-16(21)10-6-14;7-1-4-10(5-2-8)6-3-9;/h5-13H,1-4H3;1-6H2;1H. The van der Waals surface area contributed by atoms with Gasteiger partial charge in [-0.2, -0.15) is 0 Å². The molecule has 2 aromatic rings. The summed E-state index contributed by atoms with van der Waals surface area (Å²) in [6, 6.07) is 13.4. The van der Waals surface area contributed by atoms with E-state index in [4.69, 9.17) is 55.9 Å². The average molecular weight is 602 g/mol. The van der Waals surface area contributed by atoms with Crippen LogP contribution in [0.25, 0.3) is 0 Å². The molecule has 5 nitrogen and oxygen atoms in total. The Morgan fingerprint density at radius 3 is 1.64 bits per heavy atom. The van der Waals surface area contributed by atoms with Crippen LogP contribution in [0.5, 0.6) is 5.75 Å². The van der Waals surface area contributed by atoms with E-state index in [1.54, 1.807) is 76.2 Å². The van der Waals surface area contributed by atoms with Crippen molar-refractivity contribution >= 4 is 70.6 Å². The Hall–Kier alpha value is -1.21. The predicted octanol–water partition coefficient (Wildman–Crippen LogP) is 7.11. The van der Waals surface area contributed by atoms with Crippen LogP contribution in [0.3, 0.4) is 0 Å². The summed E-state index contributed by atoms with van der Waals surface area (Å²) >= 11 is 22.5. The molecule has 0 radical (unpaired) electrons. The average Bonchev–Trinajstić information content (AvgIpc) is 2.80. The monoisotopic (exact) mass is 599 g/mol. The lowest BCUT2D eigenvalue weighted by Crippen LogP contribution is -2.40. The Kier molecular flexibility index (Phi) is 17.5. The van der Waals surface area contributed by atoms with Crippen LogP contribution in [0.4, 0.5) is 0 Å². The molecule has 0 heterocycles. The molecule has 202 valence electrons. The molecule has 0 bridgehead atoms. The number of carbonyl (C=O) groups is 2. The van der Waals surface area contributed by atoms with Crippen LogP contribution >= 0.6 is 58.8 Å². The SMILES string of the molecule is CC(C)OC(=O)C(C)(C)Oc1ccc(C(=O)c2ccc(Cl)cc2)cc1.Cl.ClCCN(CCCl)CCCl. The minimum atomic E-state index is -1.12. The van der Waals surface area contributed by atoms with Crippen LogP contribution < -0.4 is 4.74 Å². The van der Waals surface area contributed by atoms with Gasteiger partial charge in [0.25, 0.3) is 0 Å². The number of hydrogen-bond donors (Lipinski definition) is 0. The molecule has 2 rings (SSSR count). The normalized spacial score (nSPS) is 10.8. The topological polar surface area (TPSA) is 55.8 Å². The molecule has 0 aliphatic heterocycles. The molecule has 0 fully saturated rings. The second kappa shape index (κ2) is 18.1. The maximum absolute atomic E-state index is 12.4. The Labute approximate surface area is 240 Å². The molecular formula is C26H34Cl5NO4. The van der Waals surface area contributed by atoms with E-state index in [2.05, 4.69) is 4.90 Å². The zero-order chi connectivity index (χ0) is 26.4. The summed E-state index contributed by atoms with van der Waals surface area (Å²) in [6.45, 7) is 9.48. The highest BCUT2D eigenvalue weighted by Gasteiger charge is 2.32. The molecule has 0 saturated heterocycles. The van der Waals surface area contributed by atoms with Gasteiger partial charge in [-0.3, -0.25) is 9.69 Å². The number of alkyl halides is 3. The van der Waals surface area contributed by atoms with Crippen molar-refractivity contribution < 1.29 is 19.1 Å². The Morgan fingerprint density at radius 1 is 0.833 bits per heavy atom. The van der Waals surface area contributed by atoms with Gasteiger partial charge in [0.2, 0.25) is 0 Å². The van der Waals surface area contributed by atoms with Gasteiger partial charge < -0.3 is 9.47 Å². The molecule has 2 aromatic carbocycles. The first-order chi connectivity index (χ1) is 16.5. The van der Waals surface area contributed by atoms with Crippen molar-refractivity contribution in [3.05, 3.63) is 64.7 Å². The van der Waals surface area contributed by atoms with Crippen molar-refractivity contribution in [2.75, 3.05) is 37.3 Å². The lowest BCUT2D eigenvalue weighted by atomic mass is 10.0. The van der Waals surface area contributed by atoms with Crippen molar-refractivity contribution in [3.63, 3.8) is 0 Å². The molecule has 0 aliphatic carbocycles. The van der Waals surface area contributed by atoms with Crippen molar-refractivity contribution in [1.29, 1.82) is 0 Å². The summed E-state index contributed by atoms with van der Waals surface area (Å²) in [5.41, 5.74) is -0.0393. The fourth-order valence-electron chi connectivity index (χ4n) is 2.83. The second-order valence-corrected chi connectivity index (χ2v) is 9.91. The lowest BCUT2D eigenvalue weighted by molar-refractivity contribution is -0.163. The zero-order valence-corrected chi connectivity index (χ0v) is 24.8. The Bertz CT molecular complexity index is 891. The van der Waals surface area contributed by atoms with Gasteiger partial charge in [-0.1, -0.05) is 11.6 Å². The largest absolute Gasteiger partial charge is 0.476 e. The van der Waals surface area contributed by atoms with Crippen molar-refractivity contribution in [3.8, 4) is 5.75 Å². The van der Waals surface area contributed by atoms with E-state index in [1.165, 1.54) is 0 Å². The molecule has 0 aliphatic rings. The van der Waals surface area contributed by atoms with E-state index >= 15 is 0 Å². The summed E-state index contributed by atoms with van der Waals surface area (Å²) < 4.78 is 10.9. The number of carbonyl (C=O) groups excluding carboxylic acids is 2. The Morgan fingerprint density at radius 2 is 1.25 bits per heavy atom. The van der Waals surface area contributed by atoms with Crippen molar-refractivity contribution in [2.24, 2.45) is 0 Å². The first-order valence-corrected chi connectivity index (χ1v) is 13.2. The van der Waals surface area contributed by atoms with Crippen LogP contribution in [0.15, 0.2) is 48.5 Å². The third kappa shape index (κ3) is 12.8. The number of ketones is 1. The van der Waals surface area contributed by atoms with Gasteiger partial charge in [0.15, 0.2) is 11.4 Å². The number of ether oxygens (including phenoxy) is 2. The van der Waals surface area contributed by atoms with E-state index < -0.39 is 11.6 Å². The predicted molar refractivity (Wildman–Crippen MR) is 153 cm³/mol. The van der Waals surface area contributed by atoms with E-state index in [0.29, 0.717) is 39.5 Å². The van der Waals surface area contributed by atoms with Gasteiger partial charge in [0.1, 0.15) is 5.75 Å². The Balaban J connectivity index is 0.000000948. The van der Waals surface area contributed by atoms with Gasteiger partial charge in [0, 0.05) is 53.4 Å². The van der Waals surface area contributed by atoms with Crippen LogP contribution in [0, 0.1) is 0 Å². The first-order valence-electron chi connectivity index (χ1n) is 11.2. The highest BCUT2D eigenvalue weighted by Crippen LogP contribution is 2.22. The van der Waals surface area contributed by atoms with Gasteiger partial charge in [-0.15, -0.1) is 47.2 Å². The highest BCUT2D eigenvalue weighted by atomic mass is 35.5. The molecule has 0 spiro atoms. The number of nitrogens with zero attached hydrogens (tertiary/aromatic N) is 1. The summed E-state index contributed by atoms with van der Waals surface area (Å²) in [5.74, 6) is 1.87. The molecule has 0 atom stereocenters. The van der Waals surface area contributed by atoms with Crippen molar-refractivity contribution in [1.82, 2.24) is 4.90 Å². The summed E-state index contributed by atoms with van der Waals surface area (Å²) in [7, 11) is 0. The van der Waals surface area contributed by atoms with Crippen LogP contribution in [0.1, 0.15) is 43.6 Å². The smallest absolute Gasteiger partial charge is 0.350 e. The lowest BCUT2D eigenvalue weighted by Gasteiger charge is -2.25. The minimum absolute atomic E-state index is 0. The molecule has 36 heavy (non-hydrogen) atoms. The summed E-state index contributed by atoms with van der Waals surface area (Å²) in [6.07, 6.45) is -0.213. The third-order valence-electron chi connectivity index (χ3n) is 4.63. The number of esters is 1. The molecule has 0 unspecified atom stereocenters. The first kappa shape index (κ1) is 34.8. The quantitative estimate of drug-likeness (QED) is 0.148. The molecule has 0 amide bonds. The van der Waals surface area contributed by atoms with E-state index in [-0.39, 0.29) is 24.3 Å². The molecule has 10 heteroatoms. The molecule has 0 aromatic heterocycles. The van der Waals surface area contributed by atoms with Gasteiger partial charge >= 0.3 is 5.97 Å². The van der Waals surface area contributed by atoms with E-state index in [1.807, 2.05) is 0 Å². The van der Waals surface area contributed by atoms with Crippen LogP contribution in [0.2, 0.25) is 5.02 Å². The minimum Gasteiger partial charge on any atom is -0.476 e. The fraction of sp³-hybridized carbons (Fsp3) is 0.462. The maximum Gasteiger partial charge on any atom is 0.350 e. The van der Waals surface area contributed by atoms with Crippen LogP contribution in [-0.2, 0) is 9.53 Å². The molecular weight excluding hydrogens is 568 g/mol. The van der Waals surface area contributed by atoms with E-state index in [9.17, 15) is 9.59 Å². The van der Waals surface area contributed by atoms with Gasteiger partial charge in [-0.05, 0) is 76.2 Å². The van der Waals surface area contributed by atoms with Gasteiger partial charge in [0.05, 0.1) is 6.10 Å². The summed E-state index contributed by atoms with van der Waals surface area (Å²) in [4.78, 5) is 26.6.